The molecule has 2 aromatic carbocycles. The lowest BCUT2D eigenvalue weighted by molar-refractivity contribution is 0.484. The van der Waals surface area contributed by atoms with Gasteiger partial charge < -0.3 is 4.57 Å². The summed E-state index contributed by atoms with van der Waals surface area (Å²) in [6, 6.07) is 17.6. The van der Waals surface area contributed by atoms with Crippen LogP contribution < -0.4 is 5.43 Å². The Balaban J connectivity index is 1.78. The van der Waals surface area contributed by atoms with Gasteiger partial charge in [0.15, 0.2) is 0 Å². The largest absolute Gasteiger partial charge is 0.311 e. The van der Waals surface area contributed by atoms with Crippen LogP contribution in [-0.2, 0) is 0 Å². The molecule has 0 aliphatic carbocycles. The van der Waals surface area contributed by atoms with Gasteiger partial charge in [-0.2, -0.15) is 5.10 Å². The van der Waals surface area contributed by atoms with Crippen molar-refractivity contribution in [1.29, 1.82) is 0 Å². The van der Waals surface area contributed by atoms with Gasteiger partial charge in [-0.1, -0.05) is 54.1 Å². The second-order valence-corrected chi connectivity index (χ2v) is 5.20. The standard InChI is InChI=1S/C17H15ClN4/c18-16-8-6-14(7-9-16)12-20-21-17(22-11-10-19-13-22)15-4-2-1-3-5-15/h1-13,17,21H. The molecular weight excluding hydrogens is 296 g/mol. The van der Waals surface area contributed by atoms with Crippen molar-refractivity contribution in [2.45, 2.75) is 6.17 Å². The first-order chi connectivity index (χ1) is 10.8. The van der Waals surface area contributed by atoms with Crippen LogP contribution in [-0.4, -0.2) is 15.8 Å². The second-order valence-electron chi connectivity index (χ2n) is 4.76. The topological polar surface area (TPSA) is 42.2 Å². The van der Waals surface area contributed by atoms with Crippen LogP contribution in [0.2, 0.25) is 5.02 Å². The van der Waals surface area contributed by atoms with Gasteiger partial charge in [-0.05, 0) is 23.3 Å². The molecule has 0 fully saturated rings. The van der Waals surface area contributed by atoms with Crippen molar-refractivity contribution in [3.05, 3.63) is 89.5 Å². The second kappa shape index (κ2) is 6.91. The fourth-order valence-corrected chi connectivity index (χ4v) is 2.23. The molecule has 3 rings (SSSR count). The summed E-state index contributed by atoms with van der Waals surface area (Å²) < 4.78 is 1.97. The van der Waals surface area contributed by atoms with Gasteiger partial charge in [-0.25, -0.2) is 4.98 Å². The maximum absolute atomic E-state index is 5.87. The van der Waals surface area contributed by atoms with Crippen molar-refractivity contribution >= 4 is 17.8 Å². The number of hydrogen-bond acceptors (Lipinski definition) is 3. The van der Waals surface area contributed by atoms with Crippen LogP contribution in [0.5, 0.6) is 0 Å². The zero-order valence-electron chi connectivity index (χ0n) is 11.8. The highest BCUT2D eigenvalue weighted by Crippen LogP contribution is 2.15. The predicted octanol–water partition coefficient (Wildman–Crippen LogP) is 3.71. The van der Waals surface area contributed by atoms with E-state index in [1.54, 1.807) is 18.7 Å². The van der Waals surface area contributed by atoms with E-state index in [1.807, 2.05) is 53.2 Å². The fraction of sp³-hybridized carbons (Fsp3) is 0.0588. The molecule has 0 radical (unpaired) electrons. The maximum atomic E-state index is 5.87. The van der Waals surface area contributed by atoms with Gasteiger partial charge in [0.05, 0.1) is 12.5 Å². The lowest BCUT2D eigenvalue weighted by atomic mass is 10.2. The highest BCUT2D eigenvalue weighted by molar-refractivity contribution is 6.30. The molecule has 0 saturated heterocycles. The molecule has 4 nitrogen and oxygen atoms in total. The van der Waals surface area contributed by atoms with Crippen molar-refractivity contribution in [3.8, 4) is 0 Å². The minimum atomic E-state index is -0.104. The summed E-state index contributed by atoms with van der Waals surface area (Å²) in [4.78, 5) is 4.10. The molecule has 1 atom stereocenters. The molecule has 1 unspecified atom stereocenters. The first-order valence-corrected chi connectivity index (χ1v) is 7.27. The van der Waals surface area contributed by atoms with Crippen molar-refractivity contribution in [2.75, 3.05) is 0 Å². The molecule has 0 saturated carbocycles. The van der Waals surface area contributed by atoms with Gasteiger partial charge in [0.1, 0.15) is 6.17 Å². The van der Waals surface area contributed by atoms with E-state index in [-0.39, 0.29) is 6.17 Å². The molecule has 0 aliphatic rings. The number of rotatable bonds is 5. The zero-order chi connectivity index (χ0) is 15.2. The lowest BCUT2D eigenvalue weighted by Crippen LogP contribution is -2.22. The predicted molar refractivity (Wildman–Crippen MR) is 89.0 cm³/mol. The molecule has 0 amide bonds. The molecule has 0 spiro atoms. The van der Waals surface area contributed by atoms with Gasteiger partial charge in [0, 0.05) is 17.4 Å². The molecular formula is C17H15ClN4. The number of benzene rings is 2. The van der Waals surface area contributed by atoms with Gasteiger partial charge in [0.25, 0.3) is 0 Å². The Kier molecular flexibility index (Phi) is 4.51. The fourth-order valence-electron chi connectivity index (χ4n) is 2.10. The number of nitrogens with zero attached hydrogens (tertiary/aromatic N) is 3. The minimum Gasteiger partial charge on any atom is -0.311 e. The zero-order valence-corrected chi connectivity index (χ0v) is 12.6. The Morgan fingerprint density at radius 3 is 2.55 bits per heavy atom. The van der Waals surface area contributed by atoms with Crippen molar-refractivity contribution in [1.82, 2.24) is 15.0 Å². The molecule has 1 aromatic heterocycles. The number of aromatic nitrogens is 2. The number of hydrazone groups is 1. The third kappa shape index (κ3) is 3.54. The number of hydrogen-bond donors (Lipinski definition) is 1. The molecule has 0 bridgehead atoms. The maximum Gasteiger partial charge on any atom is 0.146 e. The van der Waals surface area contributed by atoms with Crippen molar-refractivity contribution < 1.29 is 0 Å². The van der Waals surface area contributed by atoms with Gasteiger partial charge >= 0.3 is 0 Å². The molecule has 3 aromatic rings. The van der Waals surface area contributed by atoms with Crippen molar-refractivity contribution in [3.63, 3.8) is 0 Å². The molecule has 0 aliphatic heterocycles. The molecule has 5 heteroatoms. The van der Waals surface area contributed by atoms with Crippen LogP contribution in [0.25, 0.3) is 0 Å². The summed E-state index contributed by atoms with van der Waals surface area (Å²) in [5.41, 5.74) is 5.25. The van der Waals surface area contributed by atoms with E-state index in [9.17, 15) is 0 Å². The number of nitrogens with one attached hydrogen (secondary N) is 1. The first kappa shape index (κ1) is 14.4. The van der Waals surface area contributed by atoms with E-state index in [0.717, 1.165) is 11.1 Å². The summed E-state index contributed by atoms with van der Waals surface area (Å²) in [5, 5.41) is 5.05. The molecule has 1 N–H and O–H groups in total. The Labute approximate surface area is 134 Å². The Morgan fingerprint density at radius 2 is 1.86 bits per heavy atom. The average Bonchev–Trinajstić information content (AvgIpc) is 3.08. The highest BCUT2D eigenvalue weighted by atomic mass is 35.5. The van der Waals surface area contributed by atoms with Crippen LogP contribution in [0.3, 0.4) is 0 Å². The van der Waals surface area contributed by atoms with Crippen LogP contribution in [0.1, 0.15) is 17.3 Å². The quantitative estimate of drug-likeness (QED) is 0.576. The van der Waals surface area contributed by atoms with Gasteiger partial charge in [-0.15, -0.1) is 0 Å². The van der Waals surface area contributed by atoms with Gasteiger partial charge in [-0.3, -0.25) is 5.43 Å². The summed E-state index contributed by atoms with van der Waals surface area (Å²) in [6.07, 6.45) is 7.08. The lowest BCUT2D eigenvalue weighted by Gasteiger charge is -2.18. The smallest absolute Gasteiger partial charge is 0.146 e. The number of imidazole rings is 1. The SMILES string of the molecule is Clc1ccc(C=NNC(c2ccccc2)n2ccnc2)cc1. The average molecular weight is 311 g/mol. The van der Waals surface area contributed by atoms with E-state index >= 15 is 0 Å². The van der Waals surface area contributed by atoms with Crippen molar-refractivity contribution in [2.24, 2.45) is 5.10 Å². The highest BCUT2D eigenvalue weighted by Gasteiger charge is 2.10. The summed E-state index contributed by atoms with van der Waals surface area (Å²) >= 11 is 5.87. The van der Waals surface area contributed by atoms with Gasteiger partial charge in [0.2, 0.25) is 0 Å². The summed E-state index contributed by atoms with van der Waals surface area (Å²) in [7, 11) is 0. The van der Waals surface area contributed by atoms with E-state index < -0.39 is 0 Å². The Hall–Kier alpha value is -2.59. The van der Waals surface area contributed by atoms with Crippen LogP contribution in [0.4, 0.5) is 0 Å². The van der Waals surface area contributed by atoms with E-state index in [2.05, 4.69) is 27.6 Å². The first-order valence-electron chi connectivity index (χ1n) is 6.89. The van der Waals surface area contributed by atoms with E-state index in [0.29, 0.717) is 5.02 Å². The normalized spacial score (nSPS) is 12.4. The Bertz CT molecular complexity index is 721. The minimum absolute atomic E-state index is 0.104. The van der Waals surface area contributed by atoms with E-state index in [4.69, 9.17) is 11.6 Å². The molecule has 1 heterocycles. The summed E-state index contributed by atoms with van der Waals surface area (Å²) in [5.74, 6) is 0. The monoisotopic (exact) mass is 310 g/mol. The third-order valence-corrected chi connectivity index (χ3v) is 3.47. The van der Waals surface area contributed by atoms with E-state index in [1.165, 1.54) is 0 Å². The van der Waals surface area contributed by atoms with Crippen LogP contribution in [0, 0.1) is 0 Å². The molecule has 110 valence electrons. The third-order valence-electron chi connectivity index (χ3n) is 3.22. The summed E-state index contributed by atoms with van der Waals surface area (Å²) in [6.45, 7) is 0. The Morgan fingerprint density at radius 1 is 1.09 bits per heavy atom. The molecule has 22 heavy (non-hydrogen) atoms. The van der Waals surface area contributed by atoms with Crippen LogP contribution in [0.15, 0.2) is 78.4 Å². The number of halogens is 1. The van der Waals surface area contributed by atoms with Crippen LogP contribution >= 0.6 is 11.6 Å².